The van der Waals surface area contributed by atoms with Crippen LogP contribution < -0.4 is 0 Å². The first-order valence-corrected chi connectivity index (χ1v) is 8.81. The van der Waals surface area contributed by atoms with Gasteiger partial charge in [-0.15, -0.1) is 0 Å². The molecule has 2 heteroatoms. The van der Waals surface area contributed by atoms with Crippen LogP contribution in [0.1, 0.15) is 72.1 Å². The molecule has 0 amide bonds. The molecule has 3 atom stereocenters. The first-order valence-electron chi connectivity index (χ1n) is 8.81. The highest BCUT2D eigenvalue weighted by atomic mass is 16.6. The molecular formula is C19H30O2. The number of hydrogen-bond acceptors (Lipinski definition) is 2. The summed E-state index contributed by atoms with van der Waals surface area (Å²) in [6, 6.07) is 0. The number of esters is 1. The van der Waals surface area contributed by atoms with Gasteiger partial charge in [-0.25, -0.2) is 4.79 Å². The maximum absolute atomic E-state index is 12.0. The smallest absolute Gasteiger partial charge is 0.330 e. The standard InChI is InChI=1S/C19H30O2/c1-5-15-14-9-17(7-3)11-18(8-4,10-14)13-19(15,12-17)21-16(20)6-2/h6,14-15H,2,5,7-13H2,1,3-4H3. The SMILES string of the molecule is C=CC(=O)OC12CC3(CC)CC(CC(CC)(C3)C1)C2CC. The van der Waals surface area contributed by atoms with E-state index in [0.29, 0.717) is 16.7 Å². The summed E-state index contributed by atoms with van der Waals surface area (Å²) in [5.41, 5.74) is 0.639. The zero-order chi connectivity index (χ0) is 15.3. The fourth-order valence-corrected chi connectivity index (χ4v) is 6.59. The minimum Gasteiger partial charge on any atom is -0.456 e. The van der Waals surface area contributed by atoms with Crippen molar-refractivity contribution in [2.75, 3.05) is 0 Å². The molecule has 4 bridgehead atoms. The highest BCUT2D eigenvalue weighted by Gasteiger charge is 2.67. The normalized spacial score (nSPS) is 47.4. The molecule has 4 rings (SSSR count). The molecule has 0 N–H and O–H groups in total. The average molecular weight is 290 g/mol. The van der Waals surface area contributed by atoms with E-state index in [0.717, 1.165) is 25.2 Å². The van der Waals surface area contributed by atoms with Crippen molar-refractivity contribution >= 4 is 5.97 Å². The third-order valence-corrected chi connectivity index (χ3v) is 7.14. The molecular weight excluding hydrogens is 260 g/mol. The lowest BCUT2D eigenvalue weighted by atomic mass is 9.38. The molecule has 0 saturated heterocycles. The zero-order valence-corrected chi connectivity index (χ0v) is 13.9. The van der Waals surface area contributed by atoms with Crippen molar-refractivity contribution in [3.63, 3.8) is 0 Å². The molecule has 0 aromatic heterocycles. The molecule has 21 heavy (non-hydrogen) atoms. The number of ether oxygens (including phenoxy) is 1. The van der Waals surface area contributed by atoms with Crippen molar-refractivity contribution in [2.45, 2.75) is 77.7 Å². The Morgan fingerprint density at radius 1 is 1.14 bits per heavy atom. The number of carbonyl (C=O) groups is 1. The van der Waals surface area contributed by atoms with Gasteiger partial charge in [0.1, 0.15) is 5.60 Å². The summed E-state index contributed by atoms with van der Waals surface area (Å²) < 4.78 is 6.10. The number of carbonyl (C=O) groups excluding carboxylic acids is 1. The third-order valence-electron chi connectivity index (χ3n) is 7.14. The molecule has 4 aliphatic rings. The van der Waals surface area contributed by atoms with Crippen LogP contribution in [0.3, 0.4) is 0 Å². The van der Waals surface area contributed by atoms with E-state index in [4.69, 9.17) is 4.74 Å². The molecule has 0 spiro atoms. The fraction of sp³-hybridized carbons (Fsp3) is 0.842. The molecule has 2 nitrogen and oxygen atoms in total. The Bertz CT molecular complexity index is 432. The van der Waals surface area contributed by atoms with E-state index < -0.39 is 0 Å². The Balaban J connectivity index is 2.02. The van der Waals surface area contributed by atoms with Gasteiger partial charge in [0.25, 0.3) is 0 Å². The summed E-state index contributed by atoms with van der Waals surface area (Å²) in [5, 5.41) is 0. The van der Waals surface area contributed by atoms with Gasteiger partial charge in [0, 0.05) is 12.0 Å². The van der Waals surface area contributed by atoms with Crippen LogP contribution in [0.2, 0.25) is 0 Å². The maximum atomic E-state index is 12.0. The van der Waals surface area contributed by atoms with Gasteiger partial charge >= 0.3 is 5.97 Å². The van der Waals surface area contributed by atoms with Gasteiger partial charge in [-0.2, -0.15) is 0 Å². The summed E-state index contributed by atoms with van der Waals surface area (Å²) in [6.45, 7) is 10.5. The maximum Gasteiger partial charge on any atom is 0.330 e. The van der Waals surface area contributed by atoms with Crippen LogP contribution in [0.5, 0.6) is 0 Å². The lowest BCUT2D eigenvalue weighted by Crippen LogP contribution is -2.65. The predicted molar refractivity (Wildman–Crippen MR) is 84.8 cm³/mol. The van der Waals surface area contributed by atoms with E-state index in [2.05, 4.69) is 27.4 Å². The Kier molecular flexibility index (Phi) is 3.50. The molecule has 0 heterocycles. The lowest BCUT2D eigenvalue weighted by molar-refractivity contribution is -0.249. The van der Waals surface area contributed by atoms with E-state index in [9.17, 15) is 4.79 Å². The summed E-state index contributed by atoms with van der Waals surface area (Å²) in [4.78, 5) is 12.0. The van der Waals surface area contributed by atoms with E-state index >= 15 is 0 Å². The van der Waals surface area contributed by atoms with E-state index in [1.54, 1.807) is 0 Å². The highest BCUT2D eigenvalue weighted by molar-refractivity contribution is 5.81. The first kappa shape index (κ1) is 15.1. The van der Waals surface area contributed by atoms with Crippen LogP contribution in [0.15, 0.2) is 12.7 Å². The Labute approximate surface area is 129 Å². The van der Waals surface area contributed by atoms with Gasteiger partial charge < -0.3 is 4.74 Å². The van der Waals surface area contributed by atoms with Gasteiger partial charge in [0.15, 0.2) is 0 Å². The summed E-state index contributed by atoms with van der Waals surface area (Å²) in [7, 11) is 0. The van der Waals surface area contributed by atoms with Gasteiger partial charge in [-0.05, 0) is 55.3 Å². The van der Waals surface area contributed by atoms with Crippen molar-refractivity contribution in [3.05, 3.63) is 12.7 Å². The summed E-state index contributed by atoms with van der Waals surface area (Å²) in [5.74, 6) is 1.10. The molecule has 4 aliphatic carbocycles. The molecule has 0 aromatic carbocycles. The Morgan fingerprint density at radius 2 is 1.71 bits per heavy atom. The van der Waals surface area contributed by atoms with Crippen LogP contribution in [-0.2, 0) is 9.53 Å². The molecule has 4 saturated carbocycles. The second-order valence-corrected chi connectivity index (χ2v) is 8.11. The first-order chi connectivity index (χ1) is 9.96. The second-order valence-electron chi connectivity index (χ2n) is 8.11. The van der Waals surface area contributed by atoms with Crippen molar-refractivity contribution < 1.29 is 9.53 Å². The summed E-state index contributed by atoms with van der Waals surface area (Å²) in [6.07, 6.45) is 11.2. The van der Waals surface area contributed by atoms with Gasteiger partial charge in [0.05, 0.1) is 0 Å². The van der Waals surface area contributed by atoms with Crippen molar-refractivity contribution in [3.8, 4) is 0 Å². The van der Waals surface area contributed by atoms with E-state index in [1.807, 2.05) is 0 Å². The van der Waals surface area contributed by atoms with E-state index in [1.165, 1.54) is 38.2 Å². The molecule has 0 aromatic rings. The van der Waals surface area contributed by atoms with Crippen molar-refractivity contribution in [1.82, 2.24) is 0 Å². The van der Waals surface area contributed by atoms with Crippen LogP contribution in [0.25, 0.3) is 0 Å². The van der Waals surface area contributed by atoms with Crippen molar-refractivity contribution in [2.24, 2.45) is 22.7 Å². The molecule has 0 aliphatic heterocycles. The van der Waals surface area contributed by atoms with Gasteiger partial charge in [-0.1, -0.05) is 40.2 Å². The highest BCUT2D eigenvalue weighted by Crippen LogP contribution is 2.71. The second kappa shape index (κ2) is 4.86. The number of hydrogen-bond donors (Lipinski definition) is 0. The Morgan fingerprint density at radius 3 is 2.14 bits per heavy atom. The van der Waals surface area contributed by atoms with Crippen LogP contribution >= 0.6 is 0 Å². The number of rotatable bonds is 5. The molecule has 3 unspecified atom stereocenters. The van der Waals surface area contributed by atoms with Crippen LogP contribution in [0, 0.1) is 22.7 Å². The quantitative estimate of drug-likeness (QED) is 0.533. The molecule has 4 fully saturated rings. The molecule has 118 valence electrons. The van der Waals surface area contributed by atoms with Crippen molar-refractivity contribution in [1.29, 1.82) is 0 Å². The fourth-order valence-electron chi connectivity index (χ4n) is 6.59. The topological polar surface area (TPSA) is 26.3 Å². The zero-order valence-electron chi connectivity index (χ0n) is 13.9. The van der Waals surface area contributed by atoms with E-state index in [-0.39, 0.29) is 11.6 Å². The largest absolute Gasteiger partial charge is 0.456 e. The summed E-state index contributed by atoms with van der Waals surface area (Å²) >= 11 is 0. The van der Waals surface area contributed by atoms with Gasteiger partial charge in [0.2, 0.25) is 0 Å². The minimum absolute atomic E-state index is 0.203. The average Bonchev–Trinajstić information content (AvgIpc) is 2.46. The lowest BCUT2D eigenvalue weighted by Gasteiger charge is -2.69. The van der Waals surface area contributed by atoms with Crippen LogP contribution in [0.4, 0.5) is 0 Å². The van der Waals surface area contributed by atoms with Crippen LogP contribution in [-0.4, -0.2) is 11.6 Å². The minimum atomic E-state index is -0.215. The molecule has 0 radical (unpaired) electrons. The predicted octanol–water partition coefficient (Wildman–Crippen LogP) is 4.88. The Hall–Kier alpha value is -0.790. The van der Waals surface area contributed by atoms with Gasteiger partial charge in [-0.3, -0.25) is 0 Å². The third kappa shape index (κ3) is 2.09. The monoisotopic (exact) mass is 290 g/mol.